The summed E-state index contributed by atoms with van der Waals surface area (Å²) in [7, 11) is 0. The standard InChI is InChI=1S/C50H66O7/c1-34(14-12-17-35-15-6-4-7-16-35)30-37-21-22-39-20-10-11-26-48(39)27-13-25-46(2)32-40(57-45(48)54)43-47(3,38-18-8-5-9-19-38)28-24-41(51)50(43,44(37)53)49(46,55)29-23-36-31-42(52)56-33-36/h4,6-7,15-16,31,34,37-41,43-44,51,53,55H,5,8-12,14,17-20,23-24,26-30,32-33H2,1-3H3/t34-,37+,39+,40-,41-,43?,44+,46-,47+,48-,49-,50+/m1/s1. The van der Waals surface area contributed by atoms with E-state index < -0.39 is 57.4 Å². The van der Waals surface area contributed by atoms with E-state index in [1.807, 2.05) is 13.0 Å². The van der Waals surface area contributed by atoms with E-state index in [9.17, 15) is 20.1 Å². The molecule has 1 aromatic carbocycles. The van der Waals surface area contributed by atoms with Crippen LogP contribution >= 0.6 is 0 Å². The summed E-state index contributed by atoms with van der Waals surface area (Å²) in [6.45, 7) is 6.73. The molecule has 0 aromatic heterocycles. The Bertz CT molecular complexity index is 1830. The van der Waals surface area contributed by atoms with Gasteiger partial charge in [0, 0.05) is 36.7 Å². The van der Waals surface area contributed by atoms with E-state index >= 15 is 4.79 Å². The van der Waals surface area contributed by atoms with Crippen LogP contribution in [-0.4, -0.2) is 57.8 Å². The molecular weight excluding hydrogens is 713 g/mol. The van der Waals surface area contributed by atoms with Crippen molar-refractivity contribution in [3.8, 4) is 23.7 Å². The number of cyclic esters (lactones) is 1. The van der Waals surface area contributed by atoms with E-state index in [4.69, 9.17) is 9.47 Å². The molecule has 1 unspecified atom stereocenters. The molecule has 7 aliphatic rings. The summed E-state index contributed by atoms with van der Waals surface area (Å²) >= 11 is 0. The topological polar surface area (TPSA) is 113 Å². The molecule has 7 heteroatoms. The maximum atomic E-state index is 15.1. The van der Waals surface area contributed by atoms with Crippen molar-refractivity contribution in [3.63, 3.8) is 0 Å². The van der Waals surface area contributed by atoms with Crippen molar-refractivity contribution in [2.45, 2.75) is 167 Å². The van der Waals surface area contributed by atoms with Crippen molar-refractivity contribution < 1.29 is 34.4 Å². The van der Waals surface area contributed by atoms with Crippen molar-refractivity contribution in [3.05, 3.63) is 47.5 Å². The Labute approximate surface area is 341 Å². The third kappa shape index (κ3) is 6.81. The van der Waals surface area contributed by atoms with Gasteiger partial charge in [-0.15, -0.1) is 5.92 Å². The third-order valence-electron chi connectivity index (χ3n) is 16.9. The highest BCUT2D eigenvalue weighted by atomic mass is 16.5. The highest BCUT2D eigenvalue weighted by molar-refractivity contribution is 5.85. The fraction of sp³-hybridized carbons (Fsp3) is 0.720. The number of benzene rings is 1. The third-order valence-corrected chi connectivity index (χ3v) is 16.9. The Morgan fingerprint density at radius 2 is 1.70 bits per heavy atom. The van der Waals surface area contributed by atoms with Crippen LogP contribution < -0.4 is 0 Å². The fourth-order valence-electron chi connectivity index (χ4n) is 13.8. The fourth-order valence-corrected chi connectivity index (χ4v) is 13.8. The molecule has 3 N–H and O–H groups in total. The first-order valence-corrected chi connectivity index (χ1v) is 22.6. The maximum Gasteiger partial charge on any atom is 0.331 e. The number of aryl methyl sites for hydroxylation is 1. The molecule has 3 heterocycles. The van der Waals surface area contributed by atoms with Gasteiger partial charge in [0.25, 0.3) is 0 Å². The van der Waals surface area contributed by atoms with Crippen molar-refractivity contribution in [1.29, 1.82) is 0 Å². The summed E-state index contributed by atoms with van der Waals surface area (Å²) in [5, 5.41) is 41.1. The van der Waals surface area contributed by atoms with Crippen molar-refractivity contribution in [1.82, 2.24) is 0 Å². The highest BCUT2D eigenvalue weighted by Crippen LogP contribution is 2.72. The van der Waals surface area contributed by atoms with Crippen molar-refractivity contribution in [2.24, 2.45) is 51.2 Å². The van der Waals surface area contributed by atoms with E-state index in [1.54, 1.807) is 0 Å². The number of rotatable bonds is 10. The molecule has 4 saturated carbocycles. The van der Waals surface area contributed by atoms with Crippen LogP contribution in [0.4, 0.5) is 0 Å². The van der Waals surface area contributed by atoms with Crippen LogP contribution in [0.5, 0.6) is 0 Å². The summed E-state index contributed by atoms with van der Waals surface area (Å²) in [5.41, 5.74) is -3.67. The van der Waals surface area contributed by atoms with E-state index in [2.05, 4.69) is 61.8 Å². The molecule has 0 amide bonds. The first-order chi connectivity index (χ1) is 27.4. The summed E-state index contributed by atoms with van der Waals surface area (Å²) < 4.78 is 12.4. The monoisotopic (exact) mass is 778 g/mol. The lowest BCUT2D eigenvalue weighted by molar-refractivity contribution is -0.342. The number of hydrogen-bond acceptors (Lipinski definition) is 7. The van der Waals surface area contributed by atoms with Crippen LogP contribution in [0.3, 0.4) is 0 Å². The van der Waals surface area contributed by atoms with Crippen LogP contribution in [0, 0.1) is 74.9 Å². The quantitative estimate of drug-likeness (QED) is 0.162. The lowest BCUT2D eigenvalue weighted by Gasteiger charge is -2.72. The summed E-state index contributed by atoms with van der Waals surface area (Å²) in [6, 6.07) is 10.6. The summed E-state index contributed by atoms with van der Waals surface area (Å²) in [5.74, 6) is 13.0. The molecule has 0 radical (unpaired) electrons. The molecule has 4 bridgehead atoms. The lowest BCUT2D eigenvalue weighted by atomic mass is 9.34. The van der Waals surface area contributed by atoms with Gasteiger partial charge in [0.2, 0.25) is 0 Å². The van der Waals surface area contributed by atoms with Gasteiger partial charge in [-0.05, 0) is 106 Å². The van der Waals surface area contributed by atoms with E-state index in [0.717, 1.165) is 76.2 Å². The first-order valence-electron chi connectivity index (χ1n) is 22.6. The smallest absolute Gasteiger partial charge is 0.331 e. The Morgan fingerprint density at radius 1 is 0.930 bits per heavy atom. The number of fused-ring (bicyclic) bond motifs is 2. The van der Waals surface area contributed by atoms with Gasteiger partial charge in [0.05, 0.1) is 34.1 Å². The average molecular weight is 779 g/mol. The maximum absolute atomic E-state index is 15.1. The first kappa shape index (κ1) is 40.7. The molecule has 4 aliphatic carbocycles. The molecule has 7 nitrogen and oxygen atoms in total. The van der Waals surface area contributed by atoms with Crippen LogP contribution in [0.2, 0.25) is 0 Å². The van der Waals surface area contributed by atoms with Gasteiger partial charge in [0.1, 0.15) is 12.7 Å². The van der Waals surface area contributed by atoms with Gasteiger partial charge >= 0.3 is 11.9 Å². The molecule has 12 atom stereocenters. The van der Waals surface area contributed by atoms with Crippen molar-refractivity contribution in [2.75, 3.05) is 6.61 Å². The molecule has 308 valence electrons. The number of carbonyl (C=O) groups is 2. The number of hydrogen-bond donors (Lipinski definition) is 3. The largest absolute Gasteiger partial charge is 0.461 e. The zero-order valence-corrected chi connectivity index (χ0v) is 34.7. The number of aliphatic hydroxyl groups excluding tert-OH is 2. The second kappa shape index (κ2) is 15.8. The van der Waals surface area contributed by atoms with E-state index in [1.165, 1.54) is 18.1 Å². The van der Waals surface area contributed by atoms with E-state index in [0.29, 0.717) is 38.5 Å². The minimum atomic E-state index is -1.73. The van der Waals surface area contributed by atoms with Gasteiger partial charge in [-0.25, -0.2) is 4.79 Å². The van der Waals surface area contributed by atoms with Gasteiger partial charge in [-0.3, -0.25) is 4.79 Å². The van der Waals surface area contributed by atoms with Crippen LogP contribution in [0.1, 0.15) is 142 Å². The number of carbonyl (C=O) groups excluding carboxylic acids is 2. The van der Waals surface area contributed by atoms with Gasteiger partial charge in [-0.1, -0.05) is 100 Å². The minimum absolute atomic E-state index is 0.164. The zero-order chi connectivity index (χ0) is 40.1. The Balaban J connectivity index is 1.32. The summed E-state index contributed by atoms with van der Waals surface area (Å²) in [4.78, 5) is 27.4. The van der Waals surface area contributed by atoms with Crippen LogP contribution in [0.25, 0.3) is 0 Å². The van der Waals surface area contributed by atoms with Gasteiger partial charge < -0.3 is 24.8 Å². The van der Waals surface area contributed by atoms with E-state index in [-0.39, 0.29) is 42.7 Å². The number of ether oxygens (including phenoxy) is 2. The molecule has 57 heavy (non-hydrogen) atoms. The molecule has 4 fully saturated rings. The minimum Gasteiger partial charge on any atom is -0.461 e. The predicted molar refractivity (Wildman–Crippen MR) is 219 cm³/mol. The molecule has 3 aliphatic heterocycles. The summed E-state index contributed by atoms with van der Waals surface area (Å²) in [6.07, 6.45) is 13.1. The predicted octanol–water partition coefficient (Wildman–Crippen LogP) is 8.27. The van der Waals surface area contributed by atoms with Gasteiger partial charge in [0.15, 0.2) is 0 Å². The molecule has 0 saturated heterocycles. The lowest BCUT2D eigenvalue weighted by Crippen LogP contribution is -2.80. The Kier molecular flexibility index (Phi) is 11.3. The molecule has 8 rings (SSSR count). The second-order valence-corrected chi connectivity index (χ2v) is 20.0. The Hall–Kier alpha value is -3.10. The molecule has 1 spiro atoms. The second-order valence-electron chi connectivity index (χ2n) is 20.0. The molecular formula is C50H66O7. The average Bonchev–Trinajstić information content (AvgIpc) is 3.64. The SMILES string of the molecule is C[C@H](CCCc1ccccc1)C[C@@H]1C#C[C@@H]2CCCC[C@@]23CC#C[C@]2(C)C[C@@H](OC3=O)C3[C@](C)(C4CCCCC4)CC[C@@H](O)[C@]3([C@H]1O)[C@@]2(O)CCC1=CC(=O)OC1. The van der Waals surface area contributed by atoms with Crippen LogP contribution in [0.15, 0.2) is 42.0 Å². The zero-order valence-electron chi connectivity index (χ0n) is 34.7. The Morgan fingerprint density at radius 3 is 2.46 bits per heavy atom. The van der Waals surface area contributed by atoms with Gasteiger partial charge in [-0.2, -0.15) is 0 Å². The molecule has 1 aromatic rings. The normalized spacial score (nSPS) is 42.0. The highest BCUT2D eigenvalue weighted by Gasteiger charge is 2.78. The number of esters is 2. The number of aliphatic hydroxyl groups is 3. The van der Waals surface area contributed by atoms with Crippen LogP contribution in [-0.2, 0) is 25.5 Å². The van der Waals surface area contributed by atoms with Crippen molar-refractivity contribution >= 4 is 11.9 Å².